The summed E-state index contributed by atoms with van der Waals surface area (Å²) in [6.07, 6.45) is 5.27. The first kappa shape index (κ1) is 19.1. The molecule has 1 aliphatic rings. The zero-order valence-corrected chi connectivity index (χ0v) is 15.4. The molecule has 1 aromatic rings. The van der Waals surface area contributed by atoms with Gasteiger partial charge in [-0.05, 0) is 40.0 Å². The number of ether oxygens (including phenoxy) is 1. The molecule has 0 saturated carbocycles. The summed E-state index contributed by atoms with van der Waals surface area (Å²) in [4.78, 5) is 24.9. The van der Waals surface area contributed by atoms with Crippen molar-refractivity contribution in [2.24, 2.45) is 0 Å². The predicted molar refractivity (Wildman–Crippen MR) is 93.6 cm³/mol. The standard InChI is InChI=1S/C17H28N4O4/c1-5-14(15(22)23)19-12-10-18-21(11-12)13-6-8-20(9-7-13)16(24)25-17(2,3)4/h10-11,13-14,19H,5-9H2,1-4H3,(H,22,23). The van der Waals surface area contributed by atoms with Crippen LogP contribution >= 0.6 is 0 Å². The number of amides is 1. The molecule has 2 heterocycles. The monoisotopic (exact) mass is 352 g/mol. The zero-order valence-electron chi connectivity index (χ0n) is 15.4. The smallest absolute Gasteiger partial charge is 0.410 e. The van der Waals surface area contributed by atoms with Gasteiger partial charge in [-0.3, -0.25) is 4.68 Å². The van der Waals surface area contributed by atoms with E-state index in [9.17, 15) is 9.59 Å². The molecule has 1 aromatic heterocycles. The van der Waals surface area contributed by atoms with Crippen molar-refractivity contribution in [3.63, 3.8) is 0 Å². The maximum absolute atomic E-state index is 12.1. The number of aliphatic carboxylic acids is 1. The Morgan fingerprint density at radius 3 is 2.56 bits per heavy atom. The minimum absolute atomic E-state index is 0.194. The van der Waals surface area contributed by atoms with Crippen LogP contribution in [0.2, 0.25) is 0 Å². The Kier molecular flexibility index (Phi) is 5.92. The van der Waals surface area contributed by atoms with Gasteiger partial charge in [0, 0.05) is 19.3 Å². The van der Waals surface area contributed by atoms with Gasteiger partial charge in [0.05, 0.1) is 17.9 Å². The maximum Gasteiger partial charge on any atom is 0.410 e. The van der Waals surface area contributed by atoms with Crippen molar-refractivity contribution >= 4 is 17.7 Å². The van der Waals surface area contributed by atoms with Crippen molar-refractivity contribution in [1.82, 2.24) is 14.7 Å². The summed E-state index contributed by atoms with van der Waals surface area (Å²) in [5.74, 6) is -0.874. The Balaban J connectivity index is 1.89. The molecule has 2 N–H and O–H groups in total. The van der Waals surface area contributed by atoms with Crippen LogP contribution in [0.1, 0.15) is 53.0 Å². The molecule has 0 bridgehead atoms. The Hall–Kier alpha value is -2.25. The highest BCUT2D eigenvalue weighted by Crippen LogP contribution is 2.24. The molecule has 0 radical (unpaired) electrons. The van der Waals surface area contributed by atoms with Gasteiger partial charge in [-0.25, -0.2) is 9.59 Å². The minimum atomic E-state index is -0.874. The number of nitrogens with zero attached hydrogens (tertiary/aromatic N) is 3. The fourth-order valence-corrected chi connectivity index (χ4v) is 2.79. The van der Waals surface area contributed by atoms with Crippen molar-refractivity contribution in [3.05, 3.63) is 12.4 Å². The van der Waals surface area contributed by atoms with E-state index >= 15 is 0 Å². The molecular formula is C17H28N4O4. The van der Waals surface area contributed by atoms with Crippen LogP contribution in [-0.4, -0.2) is 56.6 Å². The second-order valence-corrected chi connectivity index (χ2v) is 7.35. The van der Waals surface area contributed by atoms with Crippen LogP contribution in [0.5, 0.6) is 0 Å². The number of carboxylic acids is 1. The maximum atomic E-state index is 12.1. The van der Waals surface area contributed by atoms with Gasteiger partial charge in [0.15, 0.2) is 0 Å². The van der Waals surface area contributed by atoms with E-state index in [1.807, 2.05) is 38.6 Å². The number of rotatable bonds is 5. The van der Waals surface area contributed by atoms with Crippen molar-refractivity contribution in [2.45, 2.75) is 64.6 Å². The van der Waals surface area contributed by atoms with Gasteiger partial charge in [0.1, 0.15) is 11.6 Å². The van der Waals surface area contributed by atoms with Gasteiger partial charge in [-0.2, -0.15) is 5.10 Å². The van der Waals surface area contributed by atoms with Crippen molar-refractivity contribution in [1.29, 1.82) is 0 Å². The van der Waals surface area contributed by atoms with E-state index in [2.05, 4.69) is 10.4 Å². The molecule has 2 rings (SSSR count). The molecule has 1 unspecified atom stereocenters. The van der Waals surface area contributed by atoms with Gasteiger partial charge < -0.3 is 20.1 Å². The lowest BCUT2D eigenvalue weighted by atomic mass is 10.1. The summed E-state index contributed by atoms with van der Waals surface area (Å²) in [7, 11) is 0. The summed E-state index contributed by atoms with van der Waals surface area (Å²) >= 11 is 0. The lowest BCUT2D eigenvalue weighted by Gasteiger charge is -2.33. The van der Waals surface area contributed by atoms with E-state index in [-0.39, 0.29) is 12.1 Å². The molecule has 0 aromatic carbocycles. The first-order chi connectivity index (χ1) is 11.7. The molecule has 25 heavy (non-hydrogen) atoms. The third-order valence-corrected chi connectivity index (χ3v) is 4.14. The van der Waals surface area contributed by atoms with E-state index in [4.69, 9.17) is 9.84 Å². The average molecular weight is 352 g/mol. The van der Waals surface area contributed by atoms with Crippen LogP contribution < -0.4 is 5.32 Å². The van der Waals surface area contributed by atoms with Gasteiger partial charge >= 0.3 is 12.1 Å². The van der Waals surface area contributed by atoms with Gasteiger partial charge in [-0.15, -0.1) is 0 Å². The molecule has 0 spiro atoms. The first-order valence-electron chi connectivity index (χ1n) is 8.71. The Morgan fingerprint density at radius 2 is 2.04 bits per heavy atom. The van der Waals surface area contributed by atoms with E-state index in [1.54, 1.807) is 11.1 Å². The number of hydrogen-bond donors (Lipinski definition) is 2. The summed E-state index contributed by atoms with van der Waals surface area (Å²) in [6, 6.07) is -0.425. The fraction of sp³-hybridized carbons (Fsp3) is 0.706. The molecule has 1 aliphatic heterocycles. The third-order valence-electron chi connectivity index (χ3n) is 4.14. The molecular weight excluding hydrogens is 324 g/mol. The molecule has 8 heteroatoms. The van der Waals surface area contributed by atoms with Gasteiger partial charge in [-0.1, -0.05) is 6.92 Å². The Labute approximate surface area is 148 Å². The molecule has 1 fully saturated rings. The van der Waals surface area contributed by atoms with Crippen LogP contribution in [-0.2, 0) is 9.53 Å². The summed E-state index contributed by atoms with van der Waals surface area (Å²) in [6.45, 7) is 8.64. The molecule has 0 aliphatic carbocycles. The van der Waals surface area contributed by atoms with Crippen LogP contribution in [0.3, 0.4) is 0 Å². The number of aromatic nitrogens is 2. The second-order valence-electron chi connectivity index (χ2n) is 7.35. The van der Waals surface area contributed by atoms with Crippen LogP contribution in [0.25, 0.3) is 0 Å². The molecule has 1 atom stereocenters. The zero-order chi connectivity index (χ0) is 18.6. The Morgan fingerprint density at radius 1 is 1.40 bits per heavy atom. The van der Waals surface area contributed by atoms with E-state index in [0.717, 1.165) is 12.8 Å². The highest BCUT2D eigenvalue weighted by Gasteiger charge is 2.28. The summed E-state index contributed by atoms with van der Waals surface area (Å²) in [5.41, 5.74) is 0.208. The number of carboxylic acid groups (broad SMARTS) is 1. The molecule has 1 amide bonds. The highest BCUT2D eigenvalue weighted by atomic mass is 16.6. The van der Waals surface area contributed by atoms with Crippen LogP contribution in [0, 0.1) is 0 Å². The lowest BCUT2D eigenvalue weighted by Crippen LogP contribution is -2.42. The lowest BCUT2D eigenvalue weighted by molar-refractivity contribution is -0.137. The van der Waals surface area contributed by atoms with Crippen molar-refractivity contribution in [3.8, 4) is 0 Å². The first-order valence-corrected chi connectivity index (χ1v) is 8.71. The van der Waals surface area contributed by atoms with E-state index < -0.39 is 17.6 Å². The average Bonchev–Trinajstić information content (AvgIpc) is 2.99. The highest BCUT2D eigenvalue weighted by molar-refractivity contribution is 5.77. The number of carbonyl (C=O) groups excluding carboxylic acids is 1. The Bertz CT molecular complexity index is 600. The molecule has 140 valence electrons. The normalized spacial score (nSPS) is 17.2. The number of hydrogen-bond acceptors (Lipinski definition) is 5. The van der Waals surface area contributed by atoms with Crippen molar-refractivity contribution in [2.75, 3.05) is 18.4 Å². The van der Waals surface area contributed by atoms with E-state index in [1.165, 1.54) is 0 Å². The quantitative estimate of drug-likeness (QED) is 0.846. The van der Waals surface area contributed by atoms with E-state index in [0.29, 0.717) is 25.2 Å². The number of carbonyl (C=O) groups is 2. The minimum Gasteiger partial charge on any atom is -0.480 e. The second kappa shape index (κ2) is 7.76. The number of piperidine rings is 1. The number of nitrogens with one attached hydrogen (secondary N) is 1. The topological polar surface area (TPSA) is 96.7 Å². The number of likely N-dealkylation sites (tertiary alicyclic amines) is 1. The molecule has 8 nitrogen and oxygen atoms in total. The summed E-state index contributed by atoms with van der Waals surface area (Å²) in [5, 5.41) is 16.4. The van der Waals surface area contributed by atoms with Crippen molar-refractivity contribution < 1.29 is 19.4 Å². The van der Waals surface area contributed by atoms with Crippen LogP contribution in [0.4, 0.5) is 10.5 Å². The van der Waals surface area contributed by atoms with Gasteiger partial charge in [0.2, 0.25) is 0 Å². The largest absolute Gasteiger partial charge is 0.480 e. The summed E-state index contributed by atoms with van der Waals surface area (Å²) < 4.78 is 7.25. The third kappa shape index (κ3) is 5.37. The van der Waals surface area contributed by atoms with Crippen LogP contribution in [0.15, 0.2) is 12.4 Å². The number of anilines is 1. The SMILES string of the molecule is CCC(Nc1cnn(C2CCN(C(=O)OC(C)(C)C)CC2)c1)C(=O)O. The molecule has 1 saturated heterocycles. The fourth-order valence-electron chi connectivity index (χ4n) is 2.79. The van der Waals surface area contributed by atoms with Gasteiger partial charge in [0.25, 0.3) is 0 Å². The predicted octanol–water partition coefficient (Wildman–Crippen LogP) is 2.73.